The summed E-state index contributed by atoms with van der Waals surface area (Å²) in [7, 11) is 0. The average Bonchev–Trinajstić information content (AvgIpc) is 3.42. The third-order valence-corrected chi connectivity index (χ3v) is 7.82. The Bertz CT molecular complexity index is 2080. The fourth-order valence-electron chi connectivity index (χ4n) is 5.77. The summed E-state index contributed by atoms with van der Waals surface area (Å²) in [6.45, 7) is 0. The molecule has 0 radical (unpaired) electrons. The zero-order chi connectivity index (χ0) is 28.6. The van der Waals surface area contributed by atoms with E-state index in [0.29, 0.717) is 0 Å². The molecule has 8 aromatic rings. The number of para-hydroxylation sites is 1. The standard InChI is InChI=1S/C38H25N5/c1-2-8-30(9-3-1)43-37-14-12-26(28-16-20-41-35(24-28)33-10-4-6-18-39-33)22-31(37)32-23-27(13-15-38(32)43)29-17-21-42-36(25-29)34-11-5-7-19-40-34/h1-25H. The molecule has 3 aromatic carbocycles. The predicted octanol–water partition coefficient (Wildman–Crippen LogP) is 9.03. The van der Waals surface area contributed by atoms with Crippen molar-refractivity contribution in [3.05, 3.63) is 152 Å². The van der Waals surface area contributed by atoms with Crippen LogP contribution in [0.25, 0.3) is 72.5 Å². The van der Waals surface area contributed by atoms with Gasteiger partial charge in [0.2, 0.25) is 0 Å². The van der Waals surface area contributed by atoms with Crippen molar-refractivity contribution in [1.82, 2.24) is 24.5 Å². The highest BCUT2D eigenvalue weighted by Crippen LogP contribution is 2.37. The normalized spacial score (nSPS) is 11.3. The molecule has 0 saturated heterocycles. The van der Waals surface area contributed by atoms with Crippen LogP contribution in [-0.2, 0) is 0 Å². The molecule has 43 heavy (non-hydrogen) atoms. The van der Waals surface area contributed by atoms with Gasteiger partial charge in [-0.25, -0.2) is 0 Å². The molecule has 0 saturated carbocycles. The molecule has 0 amide bonds. The second kappa shape index (κ2) is 10.5. The Balaban J connectivity index is 1.31. The zero-order valence-electron chi connectivity index (χ0n) is 23.2. The van der Waals surface area contributed by atoms with Crippen molar-refractivity contribution in [1.29, 1.82) is 0 Å². The van der Waals surface area contributed by atoms with Gasteiger partial charge in [0, 0.05) is 41.2 Å². The third kappa shape index (κ3) is 4.53. The summed E-state index contributed by atoms with van der Waals surface area (Å²) in [5.41, 5.74) is 11.3. The van der Waals surface area contributed by atoms with E-state index in [2.05, 4.69) is 115 Å². The second-order valence-corrected chi connectivity index (χ2v) is 10.4. The number of benzene rings is 3. The van der Waals surface area contributed by atoms with Crippen LogP contribution in [0.3, 0.4) is 0 Å². The molecule has 0 aliphatic rings. The molecule has 0 atom stereocenters. The Morgan fingerprint density at radius 2 is 0.814 bits per heavy atom. The summed E-state index contributed by atoms with van der Waals surface area (Å²) >= 11 is 0. The molecule has 0 fully saturated rings. The molecule has 0 N–H and O–H groups in total. The summed E-state index contributed by atoms with van der Waals surface area (Å²) in [5, 5.41) is 2.38. The highest BCUT2D eigenvalue weighted by atomic mass is 15.0. The topological polar surface area (TPSA) is 56.5 Å². The van der Waals surface area contributed by atoms with Gasteiger partial charge in [-0.05, 0) is 107 Å². The van der Waals surface area contributed by atoms with Gasteiger partial charge in [0.1, 0.15) is 0 Å². The molecule has 0 bridgehead atoms. The first-order valence-electron chi connectivity index (χ1n) is 14.2. The molecule has 0 unspecified atom stereocenters. The van der Waals surface area contributed by atoms with Gasteiger partial charge < -0.3 is 4.57 Å². The highest BCUT2D eigenvalue weighted by molar-refractivity contribution is 6.11. The van der Waals surface area contributed by atoms with Crippen molar-refractivity contribution in [3.63, 3.8) is 0 Å². The number of pyridine rings is 4. The van der Waals surface area contributed by atoms with E-state index in [4.69, 9.17) is 0 Å². The molecular weight excluding hydrogens is 526 g/mol. The number of nitrogens with zero attached hydrogens (tertiary/aromatic N) is 5. The second-order valence-electron chi connectivity index (χ2n) is 10.4. The van der Waals surface area contributed by atoms with Crippen molar-refractivity contribution >= 4 is 21.8 Å². The monoisotopic (exact) mass is 551 g/mol. The smallest absolute Gasteiger partial charge is 0.0892 e. The van der Waals surface area contributed by atoms with Crippen molar-refractivity contribution in [3.8, 4) is 50.7 Å². The SMILES string of the molecule is c1ccc(-n2c3ccc(-c4ccnc(-c5ccccn5)c4)cc3c3cc(-c4ccnc(-c5ccccn5)c4)ccc32)cc1. The van der Waals surface area contributed by atoms with E-state index in [1.165, 1.54) is 10.8 Å². The number of hydrogen-bond donors (Lipinski definition) is 0. The molecule has 0 spiro atoms. The minimum atomic E-state index is 0.855. The van der Waals surface area contributed by atoms with Crippen LogP contribution in [0, 0.1) is 0 Å². The Kier molecular flexibility index (Phi) is 6.05. The lowest BCUT2D eigenvalue weighted by atomic mass is 10.00. The first kappa shape index (κ1) is 24.8. The lowest BCUT2D eigenvalue weighted by molar-refractivity contribution is 1.18. The lowest BCUT2D eigenvalue weighted by Gasteiger charge is -2.09. The van der Waals surface area contributed by atoms with E-state index in [9.17, 15) is 0 Å². The zero-order valence-corrected chi connectivity index (χ0v) is 23.2. The van der Waals surface area contributed by atoms with E-state index in [1.807, 2.05) is 48.8 Å². The van der Waals surface area contributed by atoms with Gasteiger partial charge in [-0.3, -0.25) is 19.9 Å². The van der Waals surface area contributed by atoms with E-state index in [-0.39, 0.29) is 0 Å². The quantitative estimate of drug-likeness (QED) is 0.214. The fourth-order valence-corrected chi connectivity index (χ4v) is 5.77. The molecule has 5 nitrogen and oxygen atoms in total. The Morgan fingerprint density at radius 3 is 1.30 bits per heavy atom. The van der Waals surface area contributed by atoms with Gasteiger partial charge in [0.25, 0.3) is 0 Å². The minimum Gasteiger partial charge on any atom is -0.309 e. The third-order valence-electron chi connectivity index (χ3n) is 7.82. The van der Waals surface area contributed by atoms with Crippen molar-refractivity contribution in [2.24, 2.45) is 0 Å². The Hall–Kier alpha value is -5.94. The minimum absolute atomic E-state index is 0.855. The maximum Gasteiger partial charge on any atom is 0.0892 e. The van der Waals surface area contributed by atoms with Crippen molar-refractivity contribution in [2.75, 3.05) is 0 Å². The summed E-state index contributed by atoms with van der Waals surface area (Å²) in [6, 6.07) is 44.1. The van der Waals surface area contributed by atoms with Crippen LogP contribution in [0.1, 0.15) is 0 Å². The van der Waals surface area contributed by atoms with Crippen LogP contribution in [0.5, 0.6) is 0 Å². The Labute approximate surface area is 248 Å². The van der Waals surface area contributed by atoms with Crippen LogP contribution in [0.15, 0.2) is 152 Å². The van der Waals surface area contributed by atoms with Crippen LogP contribution in [0.2, 0.25) is 0 Å². The maximum absolute atomic E-state index is 4.59. The molecule has 5 aromatic heterocycles. The van der Waals surface area contributed by atoms with E-state index < -0.39 is 0 Å². The van der Waals surface area contributed by atoms with Crippen LogP contribution in [0.4, 0.5) is 0 Å². The van der Waals surface area contributed by atoms with E-state index in [1.54, 1.807) is 12.4 Å². The number of rotatable bonds is 5. The van der Waals surface area contributed by atoms with Gasteiger partial charge >= 0.3 is 0 Å². The lowest BCUT2D eigenvalue weighted by Crippen LogP contribution is -1.93. The van der Waals surface area contributed by atoms with Crippen LogP contribution >= 0.6 is 0 Å². The largest absolute Gasteiger partial charge is 0.309 e. The molecule has 202 valence electrons. The van der Waals surface area contributed by atoms with E-state index >= 15 is 0 Å². The molecule has 5 heterocycles. The molecule has 0 aliphatic carbocycles. The fraction of sp³-hybridized carbons (Fsp3) is 0. The number of fused-ring (bicyclic) bond motifs is 3. The first-order valence-corrected chi connectivity index (χ1v) is 14.2. The summed E-state index contributed by atoms with van der Waals surface area (Å²) < 4.78 is 2.34. The van der Waals surface area contributed by atoms with Crippen molar-refractivity contribution in [2.45, 2.75) is 0 Å². The Morgan fingerprint density at radius 1 is 0.349 bits per heavy atom. The molecular formula is C38H25N5. The van der Waals surface area contributed by atoms with Crippen LogP contribution < -0.4 is 0 Å². The number of aromatic nitrogens is 5. The van der Waals surface area contributed by atoms with Crippen LogP contribution in [-0.4, -0.2) is 24.5 Å². The summed E-state index contributed by atoms with van der Waals surface area (Å²) in [4.78, 5) is 18.2. The highest BCUT2D eigenvalue weighted by Gasteiger charge is 2.15. The first-order chi connectivity index (χ1) is 21.3. The van der Waals surface area contributed by atoms with Crippen molar-refractivity contribution < 1.29 is 0 Å². The van der Waals surface area contributed by atoms with E-state index in [0.717, 1.165) is 61.8 Å². The maximum atomic E-state index is 4.59. The van der Waals surface area contributed by atoms with Gasteiger partial charge in [0.05, 0.1) is 33.8 Å². The van der Waals surface area contributed by atoms with Gasteiger partial charge in [-0.1, -0.05) is 42.5 Å². The van der Waals surface area contributed by atoms with Gasteiger partial charge in [-0.2, -0.15) is 0 Å². The molecule has 8 rings (SSSR count). The van der Waals surface area contributed by atoms with Gasteiger partial charge in [-0.15, -0.1) is 0 Å². The number of hydrogen-bond acceptors (Lipinski definition) is 4. The predicted molar refractivity (Wildman–Crippen MR) is 174 cm³/mol. The molecule has 5 heteroatoms. The average molecular weight is 552 g/mol. The van der Waals surface area contributed by atoms with Gasteiger partial charge in [0.15, 0.2) is 0 Å². The summed E-state index contributed by atoms with van der Waals surface area (Å²) in [5.74, 6) is 0. The molecule has 0 aliphatic heterocycles. The summed E-state index contributed by atoms with van der Waals surface area (Å²) in [6.07, 6.45) is 7.32.